The van der Waals surface area contributed by atoms with Gasteiger partial charge in [0.2, 0.25) is 10.0 Å². The number of Topliss-reactive ketones (excluding diaryl/α,β-unsaturated/α-hetero) is 1. The Morgan fingerprint density at radius 2 is 1.67 bits per heavy atom. The lowest BCUT2D eigenvalue weighted by molar-refractivity contribution is 0.101. The number of phenolic OH excluding ortho intramolecular Hbond substituents is 1. The maximum Gasteiger partial charge on any atom is 0.239 e. The summed E-state index contributed by atoms with van der Waals surface area (Å²) in [5.41, 5.74) is 0.344. The molecule has 2 aromatic rings. The number of rotatable bonds is 5. The quantitative estimate of drug-likeness (QED) is 0.534. The lowest BCUT2D eigenvalue weighted by Crippen LogP contribution is -2.21. The Hall–Kier alpha value is -2.67. The van der Waals surface area contributed by atoms with Crippen LogP contribution >= 0.6 is 0 Å². The van der Waals surface area contributed by atoms with Crippen molar-refractivity contribution in [1.29, 1.82) is 0 Å². The Morgan fingerprint density at radius 1 is 1.03 bits per heavy atom. The minimum Gasteiger partial charge on any atom is -0.507 e. The van der Waals surface area contributed by atoms with Gasteiger partial charge in [0.1, 0.15) is 16.4 Å². The van der Waals surface area contributed by atoms with Gasteiger partial charge in [-0.25, -0.2) is 22.0 Å². The van der Waals surface area contributed by atoms with Crippen molar-refractivity contribution in [3.05, 3.63) is 53.6 Å². The highest BCUT2D eigenvalue weighted by atomic mass is 32.2. The van der Waals surface area contributed by atoms with Crippen LogP contribution in [0.4, 0.5) is 0 Å². The van der Waals surface area contributed by atoms with E-state index in [1.807, 2.05) is 0 Å². The summed E-state index contributed by atoms with van der Waals surface area (Å²) < 4.78 is 48.7. The van der Waals surface area contributed by atoms with Gasteiger partial charge in [-0.2, -0.15) is 0 Å². The summed E-state index contributed by atoms with van der Waals surface area (Å²) in [5.74, 6) is 4.18. The molecule has 1 saturated carbocycles. The second-order valence-electron chi connectivity index (χ2n) is 7.16. The van der Waals surface area contributed by atoms with Gasteiger partial charge < -0.3 is 5.11 Å². The SMILES string of the molecule is NS(=O)(=O)c1ccccc1S(=O)(=O)CC(=O)c1ccc(C#CC2CCCC2)cc1O. The van der Waals surface area contributed by atoms with E-state index in [0.717, 1.165) is 37.8 Å². The zero-order chi connectivity index (χ0) is 21.9. The average Bonchev–Trinajstić information content (AvgIpc) is 3.19. The van der Waals surface area contributed by atoms with E-state index < -0.39 is 41.2 Å². The van der Waals surface area contributed by atoms with E-state index >= 15 is 0 Å². The van der Waals surface area contributed by atoms with Crippen molar-refractivity contribution in [3.63, 3.8) is 0 Å². The summed E-state index contributed by atoms with van der Waals surface area (Å²) in [6.45, 7) is 0. The third kappa shape index (κ3) is 5.08. The summed E-state index contributed by atoms with van der Waals surface area (Å²) in [6, 6.07) is 8.97. The summed E-state index contributed by atoms with van der Waals surface area (Å²) in [4.78, 5) is 11.4. The number of carbonyl (C=O) groups excluding carboxylic acids is 1. The third-order valence-electron chi connectivity index (χ3n) is 4.89. The first kappa shape index (κ1) is 22.0. The first-order valence-electron chi connectivity index (χ1n) is 9.30. The molecule has 3 N–H and O–H groups in total. The number of hydrogen-bond donors (Lipinski definition) is 2. The van der Waals surface area contributed by atoms with Gasteiger partial charge in [-0.05, 0) is 43.2 Å². The average molecular weight is 448 g/mol. The summed E-state index contributed by atoms with van der Waals surface area (Å²) >= 11 is 0. The molecule has 0 unspecified atom stereocenters. The molecule has 0 aromatic heterocycles. The predicted molar refractivity (Wildman–Crippen MR) is 111 cm³/mol. The van der Waals surface area contributed by atoms with Gasteiger partial charge in [0.05, 0.1) is 10.5 Å². The lowest BCUT2D eigenvalue weighted by Gasteiger charge is -2.09. The van der Waals surface area contributed by atoms with Crippen molar-refractivity contribution in [1.82, 2.24) is 0 Å². The van der Waals surface area contributed by atoms with Crippen LogP contribution in [0.1, 0.15) is 41.6 Å². The van der Waals surface area contributed by atoms with Crippen molar-refractivity contribution >= 4 is 25.6 Å². The number of nitrogens with two attached hydrogens (primary N) is 1. The van der Waals surface area contributed by atoms with Crippen LogP contribution in [0.25, 0.3) is 0 Å². The summed E-state index contributed by atoms with van der Waals surface area (Å²) in [6.07, 6.45) is 4.41. The number of hydrogen-bond acceptors (Lipinski definition) is 6. The smallest absolute Gasteiger partial charge is 0.239 e. The van der Waals surface area contributed by atoms with E-state index in [1.165, 1.54) is 24.3 Å². The Balaban J connectivity index is 1.84. The largest absolute Gasteiger partial charge is 0.507 e. The van der Waals surface area contributed by atoms with Crippen LogP contribution in [-0.4, -0.2) is 33.5 Å². The van der Waals surface area contributed by atoms with Crippen molar-refractivity contribution in [3.8, 4) is 17.6 Å². The molecular formula is C21H21NO6S2. The Morgan fingerprint density at radius 3 is 2.27 bits per heavy atom. The van der Waals surface area contributed by atoms with Gasteiger partial charge in [-0.1, -0.05) is 36.8 Å². The van der Waals surface area contributed by atoms with E-state index in [9.17, 15) is 26.7 Å². The summed E-state index contributed by atoms with van der Waals surface area (Å²) in [7, 11) is -8.62. The number of aromatic hydroxyl groups is 1. The molecule has 0 spiro atoms. The summed E-state index contributed by atoms with van der Waals surface area (Å²) in [5, 5.41) is 15.3. The van der Waals surface area contributed by atoms with Crippen LogP contribution in [0.2, 0.25) is 0 Å². The van der Waals surface area contributed by atoms with Crippen LogP contribution in [0.3, 0.4) is 0 Å². The number of phenols is 1. The first-order valence-corrected chi connectivity index (χ1v) is 12.5. The molecule has 7 nitrogen and oxygen atoms in total. The standard InChI is InChI=1S/C21H21NO6S2/c22-30(27,28)21-8-4-3-7-20(21)29(25,26)14-19(24)17-12-11-16(13-18(17)23)10-9-15-5-1-2-6-15/h3-4,7-8,11-13,15,23H,1-2,5-6,14H2,(H2,22,27,28). The van der Waals surface area contributed by atoms with Crippen molar-refractivity contribution in [2.24, 2.45) is 11.1 Å². The van der Waals surface area contributed by atoms with Gasteiger partial charge in [0, 0.05) is 11.5 Å². The van der Waals surface area contributed by atoms with Crippen LogP contribution in [0, 0.1) is 17.8 Å². The van der Waals surface area contributed by atoms with Gasteiger partial charge in [-0.3, -0.25) is 4.79 Å². The molecule has 0 heterocycles. The molecular weight excluding hydrogens is 426 g/mol. The van der Waals surface area contributed by atoms with Gasteiger partial charge in [0.15, 0.2) is 15.6 Å². The monoisotopic (exact) mass is 447 g/mol. The minimum atomic E-state index is -4.32. The second kappa shape index (κ2) is 8.60. The highest BCUT2D eigenvalue weighted by Crippen LogP contribution is 2.26. The highest BCUT2D eigenvalue weighted by Gasteiger charge is 2.27. The fourth-order valence-electron chi connectivity index (χ4n) is 3.37. The van der Waals surface area contributed by atoms with Crippen LogP contribution in [0.15, 0.2) is 52.3 Å². The predicted octanol–water partition coefficient (Wildman–Crippen LogP) is 2.24. The van der Waals surface area contributed by atoms with Crippen LogP contribution < -0.4 is 5.14 Å². The Labute approximate surface area is 175 Å². The van der Waals surface area contributed by atoms with E-state index in [-0.39, 0.29) is 11.3 Å². The van der Waals surface area contributed by atoms with Crippen molar-refractivity contribution in [2.75, 3.05) is 5.75 Å². The number of benzene rings is 2. The topological polar surface area (TPSA) is 132 Å². The molecule has 0 saturated heterocycles. The molecule has 0 bridgehead atoms. The molecule has 1 aliphatic carbocycles. The highest BCUT2D eigenvalue weighted by molar-refractivity contribution is 7.94. The molecule has 0 atom stereocenters. The molecule has 0 amide bonds. The van der Waals surface area contributed by atoms with Gasteiger partial charge in [0.25, 0.3) is 0 Å². The number of sulfone groups is 1. The number of sulfonamides is 1. The van der Waals surface area contributed by atoms with Crippen LogP contribution in [0.5, 0.6) is 5.75 Å². The number of ketones is 1. The fourth-order valence-corrected chi connectivity index (χ4v) is 6.03. The van der Waals surface area contributed by atoms with Gasteiger partial charge in [-0.15, -0.1) is 0 Å². The van der Waals surface area contributed by atoms with E-state index in [1.54, 1.807) is 6.07 Å². The zero-order valence-corrected chi connectivity index (χ0v) is 17.7. The molecule has 2 aromatic carbocycles. The second-order valence-corrected chi connectivity index (χ2v) is 10.6. The molecule has 1 aliphatic rings. The van der Waals surface area contributed by atoms with E-state index in [4.69, 9.17) is 5.14 Å². The maximum atomic E-state index is 12.7. The number of carbonyl (C=O) groups is 1. The van der Waals surface area contributed by atoms with Crippen molar-refractivity contribution < 1.29 is 26.7 Å². The Bertz CT molecular complexity index is 1250. The first-order chi connectivity index (χ1) is 14.1. The third-order valence-corrected chi connectivity index (χ3v) is 7.65. The fraction of sp³-hybridized carbons (Fsp3) is 0.286. The van der Waals surface area contributed by atoms with Crippen molar-refractivity contribution in [2.45, 2.75) is 35.5 Å². The number of primary sulfonamides is 1. The molecule has 1 fully saturated rings. The molecule has 0 radical (unpaired) electrons. The molecule has 0 aliphatic heterocycles. The van der Waals surface area contributed by atoms with E-state index in [2.05, 4.69) is 11.8 Å². The molecule has 158 valence electrons. The molecule has 30 heavy (non-hydrogen) atoms. The molecule has 3 rings (SSSR count). The van der Waals surface area contributed by atoms with Crippen LogP contribution in [-0.2, 0) is 19.9 Å². The normalized spacial score (nSPS) is 14.8. The zero-order valence-electron chi connectivity index (χ0n) is 16.0. The minimum absolute atomic E-state index is 0.182. The van der Waals surface area contributed by atoms with E-state index in [0.29, 0.717) is 11.5 Å². The molecule has 9 heteroatoms. The van der Waals surface area contributed by atoms with Gasteiger partial charge >= 0.3 is 0 Å². The Kier molecular flexibility index (Phi) is 6.31. The maximum absolute atomic E-state index is 12.7. The lowest BCUT2D eigenvalue weighted by atomic mass is 10.1.